The maximum atomic E-state index is 2.54. The fourth-order valence-corrected chi connectivity index (χ4v) is 4.75. The lowest BCUT2D eigenvalue weighted by Crippen LogP contribution is -2.55. The molecule has 6 nitrogen and oxygen atoms in total. The van der Waals surface area contributed by atoms with Crippen molar-refractivity contribution < 1.29 is 0 Å². The molecule has 6 heteroatoms. The molecule has 2 aromatic carbocycles. The largest absolute Gasteiger partial charge is 0.381 e. The van der Waals surface area contributed by atoms with Crippen LogP contribution in [0.5, 0.6) is 0 Å². The highest BCUT2D eigenvalue weighted by atomic mass is 15.5. The van der Waals surface area contributed by atoms with Gasteiger partial charge < -0.3 is 29.4 Å². The van der Waals surface area contributed by atoms with Crippen LogP contribution in [0.2, 0.25) is 0 Å². The molecule has 1 heterocycles. The first-order chi connectivity index (χ1) is 16.2. The van der Waals surface area contributed by atoms with Gasteiger partial charge >= 0.3 is 0 Å². The average Bonchev–Trinajstić information content (AvgIpc) is 2.83. The van der Waals surface area contributed by atoms with Crippen molar-refractivity contribution in [3.8, 4) is 0 Å². The molecule has 1 atom stereocenters. The van der Waals surface area contributed by atoms with Crippen molar-refractivity contribution in [3.05, 3.63) is 72.1 Å². The summed E-state index contributed by atoms with van der Waals surface area (Å²) in [5.74, 6) is 0.483. The smallest absolute Gasteiger partial charge is 0.0937 e. The topological polar surface area (TPSA) is 19.4 Å². The number of allylic oxidation sites excluding steroid dienone is 4. The standard InChI is InChI=1S/C28H40N6/c1-22-18-27(31(6)7)16-17-28(22)34-20-32(25-12-8-23(9-13-25)29(2)3)19-33(21-34)26-14-10-24(11-15-26)30(4)5/h8-17,22H,18-21H2,1-7H3. The molecule has 2 aromatic rings. The van der Waals surface area contributed by atoms with E-state index >= 15 is 0 Å². The monoisotopic (exact) mass is 460 g/mol. The predicted octanol–water partition coefficient (Wildman–Crippen LogP) is 4.69. The summed E-state index contributed by atoms with van der Waals surface area (Å²) in [5.41, 5.74) is 7.74. The number of anilines is 4. The van der Waals surface area contributed by atoms with Crippen molar-refractivity contribution in [1.29, 1.82) is 0 Å². The highest BCUT2D eigenvalue weighted by Gasteiger charge is 2.29. The van der Waals surface area contributed by atoms with Crippen LogP contribution >= 0.6 is 0 Å². The second kappa shape index (κ2) is 9.92. The zero-order chi connectivity index (χ0) is 24.4. The minimum absolute atomic E-state index is 0.483. The summed E-state index contributed by atoms with van der Waals surface area (Å²) in [5, 5.41) is 0. The van der Waals surface area contributed by atoms with Crippen LogP contribution in [0.15, 0.2) is 72.1 Å². The van der Waals surface area contributed by atoms with Gasteiger partial charge in [0.05, 0.1) is 20.0 Å². The summed E-state index contributed by atoms with van der Waals surface area (Å²) in [6, 6.07) is 17.8. The van der Waals surface area contributed by atoms with Gasteiger partial charge in [-0.25, -0.2) is 0 Å². The van der Waals surface area contributed by atoms with Crippen LogP contribution in [-0.2, 0) is 0 Å². The van der Waals surface area contributed by atoms with Gasteiger partial charge in [0.2, 0.25) is 0 Å². The van der Waals surface area contributed by atoms with Gasteiger partial charge in [-0.1, -0.05) is 6.92 Å². The van der Waals surface area contributed by atoms with Gasteiger partial charge in [0, 0.05) is 82.3 Å². The van der Waals surface area contributed by atoms with Crippen LogP contribution in [0.25, 0.3) is 0 Å². The minimum atomic E-state index is 0.483. The lowest BCUT2D eigenvalue weighted by atomic mass is 9.95. The molecule has 1 saturated heterocycles. The Morgan fingerprint density at radius 1 is 0.588 bits per heavy atom. The number of nitrogens with zero attached hydrogens (tertiary/aromatic N) is 6. The van der Waals surface area contributed by atoms with E-state index in [9.17, 15) is 0 Å². The van der Waals surface area contributed by atoms with E-state index in [0.717, 1.165) is 26.4 Å². The molecule has 1 unspecified atom stereocenters. The van der Waals surface area contributed by atoms with Crippen molar-refractivity contribution in [2.45, 2.75) is 13.3 Å². The summed E-state index contributed by atoms with van der Waals surface area (Å²) < 4.78 is 0. The quantitative estimate of drug-likeness (QED) is 0.619. The molecule has 0 spiro atoms. The summed E-state index contributed by atoms with van der Waals surface area (Å²) in [4.78, 5) is 14.0. The van der Waals surface area contributed by atoms with Crippen LogP contribution in [-0.4, -0.2) is 72.1 Å². The third-order valence-corrected chi connectivity index (χ3v) is 6.89. The number of hydrogen-bond acceptors (Lipinski definition) is 6. The third-order valence-electron chi connectivity index (χ3n) is 6.89. The fraction of sp³-hybridized carbons (Fsp3) is 0.429. The van der Waals surface area contributed by atoms with Crippen molar-refractivity contribution in [1.82, 2.24) is 9.80 Å². The Labute approximate surface area is 205 Å². The summed E-state index contributed by atoms with van der Waals surface area (Å²) >= 11 is 0. The van der Waals surface area contributed by atoms with Gasteiger partial charge in [-0.05, 0) is 67.1 Å². The van der Waals surface area contributed by atoms with E-state index in [-0.39, 0.29) is 0 Å². The van der Waals surface area contributed by atoms with Crippen molar-refractivity contribution in [3.63, 3.8) is 0 Å². The first-order valence-corrected chi connectivity index (χ1v) is 12.1. The fourth-order valence-electron chi connectivity index (χ4n) is 4.75. The molecule has 0 radical (unpaired) electrons. The Balaban J connectivity index is 1.64. The van der Waals surface area contributed by atoms with Crippen molar-refractivity contribution in [2.24, 2.45) is 5.92 Å². The van der Waals surface area contributed by atoms with Gasteiger partial charge in [0.15, 0.2) is 0 Å². The van der Waals surface area contributed by atoms with Crippen LogP contribution in [0, 0.1) is 5.92 Å². The van der Waals surface area contributed by atoms with E-state index in [1.807, 2.05) is 0 Å². The van der Waals surface area contributed by atoms with Crippen LogP contribution in [0.4, 0.5) is 22.7 Å². The highest BCUT2D eigenvalue weighted by Crippen LogP contribution is 2.33. The van der Waals surface area contributed by atoms with E-state index < -0.39 is 0 Å². The molecule has 34 heavy (non-hydrogen) atoms. The van der Waals surface area contributed by atoms with Crippen LogP contribution in [0.1, 0.15) is 13.3 Å². The van der Waals surface area contributed by atoms with Gasteiger partial charge in [-0.2, -0.15) is 0 Å². The lowest BCUT2D eigenvalue weighted by molar-refractivity contribution is 0.265. The Morgan fingerprint density at radius 3 is 1.41 bits per heavy atom. The first kappa shape index (κ1) is 23.9. The SMILES string of the molecule is CC1CC(N(C)C)=CC=C1N1CN(c2ccc(N(C)C)cc2)CN(c2ccc(N(C)C)cc2)C1. The Bertz CT molecular complexity index is 960. The van der Waals surface area contributed by atoms with E-state index in [1.54, 1.807) is 0 Å². The highest BCUT2D eigenvalue weighted by molar-refractivity contribution is 5.60. The maximum absolute atomic E-state index is 2.54. The molecule has 0 aromatic heterocycles. The lowest BCUT2D eigenvalue weighted by Gasteiger charge is -2.47. The number of hydrogen-bond donors (Lipinski definition) is 0. The molecule has 0 saturated carbocycles. The van der Waals surface area contributed by atoms with E-state index in [1.165, 1.54) is 34.1 Å². The molecule has 1 fully saturated rings. The Hall–Kier alpha value is -3.28. The van der Waals surface area contributed by atoms with Crippen LogP contribution in [0.3, 0.4) is 0 Å². The maximum Gasteiger partial charge on any atom is 0.0937 e. The minimum Gasteiger partial charge on any atom is -0.381 e. The zero-order valence-electron chi connectivity index (χ0n) is 21.9. The molecule has 1 aliphatic carbocycles. The molecular formula is C28H40N6. The normalized spacial score (nSPS) is 18.4. The second-order valence-corrected chi connectivity index (χ2v) is 10.1. The Morgan fingerprint density at radius 2 is 1.03 bits per heavy atom. The van der Waals surface area contributed by atoms with Gasteiger partial charge in [0.1, 0.15) is 0 Å². The van der Waals surface area contributed by atoms with E-state index in [2.05, 4.69) is 139 Å². The molecular weight excluding hydrogens is 420 g/mol. The number of benzene rings is 2. The van der Waals surface area contributed by atoms with E-state index in [4.69, 9.17) is 0 Å². The second-order valence-electron chi connectivity index (χ2n) is 10.1. The van der Waals surface area contributed by atoms with Gasteiger partial charge in [0.25, 0.3) is 0 Å². The van der Waals surface area contributed by atoms with Gasteiger partial charge in [-0.15, -0.1) is 0 Å². The van der Waals surface area contributed by atoms with Gasteiger partial charge in [-0.3, -0.25) is 0 Å². The molecule has 0 N–H and O–H groups in total. The molecule has 0 bridgehead atoms. The Kier molecular flexibility index (Phi) is 6.96. The van der Waals surface area contributed by atoms with Crippen LogP contribution < -0.4 is 19.6 Å². The molecule has 2 aliphatic rings. The third kappa shape index (κ3) is 5.11. The molecule has 0 amide bonds. The van der Waals surface area contributed by atoms with Crippen molar-refractivity contribution >= 4 is 22.7 Å². The summed E-state index contributed by atoms with van der Waals surface area (Å²) in [7, 11) is 12.6. The molecule has 1 aliphatic heterocycles. The van der Waals surface area contributed by atoms with Crippen molar-refractivity contribution in [2.75, 3.05) is 81.9 Å². The zero-order valence-corrected chi connectivity index (χ0v) is 21.9. The molecule has 182 valence electrons. The van der Waals surface area contributed by atoms with E-state index in [0.29, 0.717) is 5.92 Å². The number of rotatable bonds is 6. The predicted molar refractivity (Wildman–Crippen MR) is 147 cm³/mol. The average molecular weight is 461 g/mol. The molecule has 4 rings (SSSR count). The summed E-state index contributed by atoms with van der Waals surface area (Å²) in [6.45, 7) is 4.98. The summed E-state index contributed by atoms with van der Waals surface area (Å²) in [6.07, 6.45) is 5.69. The first-order valence-electron chi connectivity index (χ1n) is 12.1.